The van der Waals surface area contributed by atoms with Crippen LogP contribution in [0, 0.1) is 0 Å². The second-order valence-electron chi connectivity index (χ2n) is 2.71. The molecule has 0 aromatic carbocycles. The van der Waals surface area contributed by atoms with Crippen LogP contribution < -0.4 is 0 Å². The smallest absolute Gasteiger partial charge is 0.346 e. The maximum absolute atomic E-state index is 10.9. The van der Waals surface area contributed by atoms with E-state index in [9.17, 15) is 9.36 Å². The zero-order valence-corrected chi connectivity index (χ0v) is 7.07. The predicted molar refractivity (Wildman–Crippen MR) is 40.8 cm³/mol. The second-order valence-corrected chi connectivity index (χ2v) is 4.60. The zero-order chi connectivity index (χ0) is 9.41. The largest absolute Gasteiger partial charge is 0.480 e. The summed E-state index contributed by atoms with van der Waals surface area (Å²) in [5.74, 6) is -1.45. The highest BCUT2D eigenvalue weighted by Crippen LogP contribution is 2.56. The molecule has 5 nitrogen and oxygen atoms in total. The van der Waals surface area contributed by atoms with Gasteiger partial charge in [0.25, 0.3) is 0 Å². The molecular formula is C6H9O5P. The van der Waals surface area contributed by atoms with E-state index < -0.39 is 18.7 Å². The summed E-state index contributed by atoms with van der Waals surface area (Å²) in [6.07, 6.45) is 2.95. The lowest BCUT2D eigenvalue weighted by Crippen LogP contribution is -2.34. The molecule has 1 atom stereocenters. The van der Waals surface area contributed by atoms with Gasteiger partial charge in [0.05, 0.1) is 0 Å². The van der Waals surface area contributed by atoms with E-state index >= 15 is 0 Å². The number of hydrogen-bond acceptors (Lipinski definition) is 2. The lowest BCUT2D eigenvalue weighted by Gasteiger charge is -2.22. The molecule has 3 N–H and O–H groups in total. The highest BCUT2D eigenvalue weighted by Gasteiger charge is 2.52. The van der Waals surface area contributed by atoms with Crippen LogP contribution in [0.2, 0.25) is 0 Å². The molecule has 1 rings (SSSR count). The molecule has 0 aliphatic heterocycles. The lowest BCUT2D eigenvalue weighted by atomic mass is 10.1. The number of carboxylic acid groups (broad SMARTS) is 1. The first-order valence-electron chi connectivity index (χ1n) is 3.37. The van der Waals surface area contributed by atoms with Crippen molar-refractivity contribution in [2.24, 2.45) is 0 Å². The van der Waals surface area contributed by atoms with E-state index in [1.54, 1.807) is 0 Å². The van der Waals surface area contributed by atoms with Crippen LogP contribution in [-0.4, -0.2) is 26.0 Å². The fourth-order valence-corrected chi connectivity index (χ4v) is 2.18. The fourth-order valence-electron chi connectivity index (χ4n) is 1.21. The Labute approximate surface area is 68.9 Å². The predicted octanol–water partition coefficient (Wildman–Crippen LogP) is 0.337. The average molecular weight is 192 g/mol. The van der Waals surface area contributed by atoms with E-state index in [2.05, 4.69) is 0 Å². The third kappa shape index (κ3) is 1.20. The fraction of sp³-hybridized carbons (Fsp3) is 0.500. The summed E-state index contributed by atoms with van der Waals surface area (Å²) in [6.45, 7) is 0. The molecule has 1 aliphatic rings. The van der Waals surface area contributed by atoms with Gasteiger partial charge in [0, 0.05) is 0 Å². The molecule has 0 amide bonds. The summed E-state index contributed by atoms with van der Waals surface area (Å²) in [5, 5.41) is 6.69. The van der Waals surface area contributed by atoms with Gasteiger partial charge in [-0.05, 0) is 12.8 Å². The van der Waals surface area contributed by atoms with Crippen LogP contribution in [0.5, 0.6) is 0 Å². The van der Waals surface area contributed by atoms with Crippen LogP contribution in [0.25, 0.3) is 0 Å². The molecule has 68 valence electrons. The average Bonchev–Trinajstić information content (AvgIpc) is 2.31. The van der Waals surface area contributed by atoms with E-state index in [1.807, 2.05) is 0 Å². The minimum absolute atomic E-state index is 0.0212. The molecule has 0 bridgehead atoms. The van der Waals surface area contributed by atoms with Gasteiger partial charge in [-0.3, -0.25) is 9.36 Å². The molecule has 1 unspecified atom stereocenters. The monoisotopic (exact) mass is 192 g/mol. The van der Waals surface area contributed by atoms with Crippen LogP contribution in [0.1, 0.15) is 12.8 Å². The lowest BCUT2D eigenvalue weighted by molar-refractivity contribution is -0.139. The van der Waals surface area contributed by atoms with Crippen molar-refractivity contribution in [2.45, 2.75) is 18.0 Å². The highest BCUT2D eigenvalue weighted by molar-refractivity contribution is 7.55. The maximum Gasteiger partial charge on any atom is 0.346 e. The van der Waals surface area contributed by atoms with Crippen LogP contribution >= 0.6 is 7.60 Å². The van der Waals surface area contributed by atoms with Gasteiger partial charge in [-0.25, -0.2) is 0 Å². The first kappa shape index (κ1) is 9.45. The van der Waals surface area contributed by atoms with Crippen molar-refractivity contribution in [1.82, 2.24) is 0 Å². The van der Waals surface area contributed by atoms with Crippen molar-refractivity contribution in [3.8, 4) is 0 Å². The quantitative estimate of drug-likeness (QED) is 0.433. The second kappa shape index (κ2) is 2.69. The Kier molecular flexibility index (Phi) is 2.12. The van der Waals surface area contributed by atoms with E-state index in [0.717, 1.165) is 6.08 Å². The van der Waals surface area contributed by atoms with Crippen LogP contribution in [0.4, 0.5) is 0 Å². The molecule has 0 aromatic heterocycles. The maximum atomic E-state index is 10.9. The Hall–Kier alpha value is -0.640. The van der Waals surface area contributed by atoms with Crippen molar-refractivity contribution in [2.75, 3.05) is 0 Å². The van der Waals surface area contributed by atoms with Crippen molar-refractivity contribution in [3.05, 3.63) is 12.2 Å². The third-order valence-electron chi connectivity index (χ3n) is 1.98. The van der Waals surface area contributed by atoms with Gasteiger partial charge in [-0.2, -0.15) is 0 Å². The first-order chi connectivity index (χ1) is 5.40. The molecule has 1 aliphatic carbocycles. The number of aliphatic carboxylic acids is 1. The van der Waals surface area contributed by atoms with Crippen molar-refractivity contribution in [1.29, 1.82) is 0 Å². The van der Waals surface area contributed by atoms with Gasteiger partial charge in [0.1, 0.15) is 0 Å². The number of allylic oxidation sites excluding steroid dienone is 1. The molecule has 0 heterocycles. The van der Waals surface area contributed by atoms with Crippen molar-refractivity contribution in [3.63, 3.8) is 0 Å². The number of hydrogen-bond donors (Lipinski definition) is 3. The Morgan fingerprint density at radius 1 is 1.50 bits per heavy atom. The third-order valence-corrected chi connectivity index (χ3v) is 3.58. The SMILES string of the molecule is O=C(O)C1(P(=O)(O)O)C=CCC1. The minimum atomic E-state index is -4.59. The summed E-state index contributed by atoms with van der Waals surface area (Å²) in [4.78, 5) is 28.3. The Balaban J connectivity index is 3.13. The first-order valence-corrected chi connectivity index (χ1v) is 4.98. The molecule has 0 saturated heterocycles. The molecule has 0 spiro atoms. The van der Waals surface area contributed by atoms with Crippen LogP contribution in [0.3, 0.4) is 0 Å². The van der Waals surface area contributed by atoms with E-state index in [1.165, 1.54) is 6.08 Å². The summed E-state index contributed by atoms with van der Waals surface area (Å²) in [6, 6.07) is 0. The summed E-state index contributed by atoms with van der Waals surface area (Å²) in [5.41, 5.74) is 0. The van der Waals surface area contributed by atoms with Crippen LogP contribution in [0.15, 0.2) is 12.2 Å². The zero-order valence-electron chi connectivity index (χ0n) is 6.17. The van der Waals surface area contributed by atoms with Crippen LogP contribution in [-0.2, 0) is 9.36 Å². The van der Waals surface area contributed by atoms with Gasteiger partial charge in [-0.1, -0.05) is 12.2 Å². The number of rotatable bonds is 2. The van der Waals surface area contributed by atoms with Gasteiger partial charge >= 0.3 is 13.6 Å². The summed E-state index contributed by atoms with van der Waals surface area (Å²) < 4.78 is 10.9. The standard InChI is InChI=1S/C6H9O5P/c7-5(8)6(12(9,10)11)3-1-2-4-6/h1,3H,2,4H2,(H,7,8)(H2,9,10,11). The normalized spacial score (nSPS) is 29.2. The Morgan fingerprint density at radius 3 is 2.25 bits per heavy atom. The van der Waals surface area contributed by atoms with Crippen molar-refractivity contribution < 1.29 is 24.3 Å². The molecule has 12 heavy (non-hydrogen) atoms. The Bertz CT molecular complexity index is 278. The number of carboxylic acids is 1. The molecule has 6 heteroatoms. The van der Waals surface area contributed by atoms with E-state index in [4.69, 9.17) is 14.9 Å². The number of carbonyl (C=O) groups is 1. The van der Waals surface area contributed by atoms with Gasteiger partial charge in [0.2, 0.25) is 0 Å². The summed E-state index contributed by atoms with van der Waals surface area (Å²) >= 11 is 0. The van der Waals surface area contributed by atoms with Gasteiger partial charge in [0.15, 0.2) is 5.16 Å². The van der Waals surface area contributed by atoms with E-state index in [-0.39, 0.29) is 6.42 Å². The summed E-state index contributed by atoms with van der Waals surface area (Å²) in [7, 11) is -4.59. The molecule has 0 saturated carbocycles. The molecule has 0 aromatic rings. The molecule has 0 fully saturated rings. The van der Waals surface area contributed by atoms with Crippen molar-refractivity contribution >= 4 is 13.6 Å². The van der Waals surface area contributed by atoms with E-state index in [0.29, 0.717) is 6.42 Å². The molecular weight excluding hydrogens is 183 g/mol. The molecule has 0 radical (unpaired) electrons. The topological polar surface area (TPSA) is 94.8 Å². The highest BCUT2D eigenvalue weighted by atomic mass is 31.2. The van der Waals surface area contributed by atoms with Gasteiger partial charge < -0.3 is 14.9 Å². The minimum Gasteiger partial charge on any atom is -0.480 e. The Morgan fingerprint density at radius 2 is 2.08 bits per heavy atom. The van der Waals surface area contributed by atoms with Gasteiger partial charge in [-0.15, -0.1) is 0 Å².